The zero-order valence-corrected chi connectivity index (χ0v) is 17.1. The van der Waals surface area contributed by atoms with Crippen molar-refractivity contribution in [3.05, 3.63) is 71.7 Å². The topological polar surface area (TPSA) is 109 Å². The highest BCUT2D eigenvalue weighted by Gasteiger charge is 2.30. The number of ether oxygens (including phenoxy) is 1. The second kappa shape index (κ2) is 9.04. The molecule has 154 valence electrons. The molecule has 8 heteroatoms. The third-order valence-corrected chi connectivity index (χ3v) is 4.55. The molecule has 3 aromatic rings. The average molecular weight is 405 g/mol. The second-order valence-electron chi connectivity index (χ2n) is 6.63. The number of nitrogens with two attached hydrogens (primary N) is 1. The van der Waals surface area contributed by atoms with E-state index in [4.69, 9.17) is 20.4 Å². The smallest absolute Gasteiger partial charge is 0.223 e. The maximum absolute atomic E-state index is 8.89. The molecule has 2 aromatic heterocycles. The minimum absolute atomic E-state index is 0.552. The molecule has 0 unspecified atom stereocenters. The number of hydrogen-bond donors (Lipinski definition) is 1. The normalized spacial score (nSPS) is 12.5. The number of nitrogen functional groups attached to an aromatic ring is 1. The van der Waals surface area contributed by atoms with Crippen molar-refractivity contribution < 1.29 is 19.2 Å². The van der Waals surface area contributed by atoms with Crippen molar-refractivity contribution >= 4 is 29.4 Å². The lowest BCUT2D eigenvalue weighted by molar-refractivity contribution is -0.582. The Bertz CT molecular complexity index is 1110. The number of allylic oxidation sites excluding steroid dienone is 1. The number of carbonyl (C=O) groups is 1. The maximum atomic E-state index is 8.89. The summed E-state index contributed by atoms with van der Waals surface area (Å²) in [5.41, 5.74) is 11.3. The summed E-state index contributed by atoms with van der Waals surface area (Å²) in [6, 6.07) is 14.3. The number of carboxylic acids is 1. The summed E-state index contributed by atoms with van der Waals surface area (Å²) in [6.07, 6.45) is 6.45. The number of pyridine rings is 1. The highest BCUT2D eigenvalue weighted by Crippen LogP contribution is 2.27. The second-order valence-corrected chi connectivity index (χ2v) is 6.63. The van der Waals surface area contributed by atoms with Crippen LogP contribution in [0.4, 0.5) is 11.5 Å². The molecule has 0 spiro atoms. The Kier molecular flexibility index (Phi) is 6.26. The van der Waals surface area contributed by atoms with Crippen LogP contribution in [0.2, 0.25) is 0 Å². The van der Waals surface area contributed by atoms with Crippen molar-refractivity contribution in [1.29, 1.82) is 0 Å². The van der Waals surface area contributed by atoms with Gasteiger partial charge >= 0.3 is 0 Å². The van der Waals surface area contributed by atoms with Gasteiger partial charge < -0.3 is 20.4 Å². The molecule has 0 fully saturated rings. The first kappa shape index (κ1) is 20.8. The van der Waals surface area contributed by atoms with Crippen LogP contribution < -0.4 is 20.1 Å². The number of nitrogens with zero attached hydrogens (tertiary/aromatic N) is 4. The minimum atomic E-state index is -1.08. The molecule has 4 rings (SSSR count). The van der Waals surface area contributed by atoms with E-state index in [-0.39, 0.29) is 0 Å². The number of aryl methyl sites for hydroxylation is 1. The number of aliphatic imine (C=N–C) groups is 1. The van der Waals surface area contributed by atoms with Crippen LogP contribution in [0.15, 0.2) is 65.4 Å². The van der Waals surface area contributed by atoms with E-state index in [9.17, 15) is 0 Å². The summed E-state index contributed by atoms with van der Waals surface area (Å²) in [6.45, 7) is 0.972. The van der Waals surface area contributed by atoms with Crippen LogP contribution in [0.3, 0.4) is 0 Å². The number of anilines is 1. The molecule has 0 amide bonds. The average Bonchev–Trinajstić information content (AvgIpc) is 3.26. The molecular formula is C22H23N5O3. The molecule has 8 nitrogen and oxygen atoms in total. The highest BCUT2D eigenvalue weighted by molar-refractivity contribution is 5.92. The molecule has 0 bridgehead atoms. The molecule has 2 N–H and O–H groups in total. The van der Waals surface area contributed by atoms with E-state index >= 15 is 0 Å². The number of carbonyl (C=O) groups excluding carboxylic acids is 1. The minimum Gasteiger partial charge on any atom is -0.550 e. The fourth-order valence-corrected chi connectivity index (χ4v) is 3.14. The lowest BCUT2D eigenvalue weighted by Gasteiger charge is -2.03. The van der Waals surface area contributed by atoms with Gasteiger partial charge in [-0.25, -0.2) is 0 Å². The Hall–Kier alpha value is -3.94. The molecule has 1 aromatic carbocycles. The summed E-state index contributed by atoms with van der Waals surface area (Å²) < 4.78 is 9.10. The number of benzene rings is 1. The molecule has 0 aliphatic carbocycles. The molecule has 1 aliphatic heterocycles. The van der Waals surface area contributed by atoms with Gasteiger partial charge in [0.15, 0.2) is 11.9 Å². The van der Waals surface area contributed by atoms with Gasteiger partial charge in [0.25, 0.3) is 0 Å². The van der Waals surface area contributed by atoms with Crippen molar-refractivity contribution in [2.24, 2.45) is 12.0 Å². The molecular weight excluding hydrogens is 382 g/mol. The van der Waals surface area contributed by atoms with Crippen LogP contribution in [-0.4, -0.2) is 29.1 Å². The fraction of sp³-hybridized carbons (Fsp3) is 0.182. The molecule has 3 heterocycles. The van der Waals surface area contributed by atoms with Crippen LogP contribution in [0, 0.1) is 0 Å². The monoisotopic (exact) mass is 405 g/mol. The van der Waals surface area contributed by atoms with Gasteiger partial charge in [-0.1, -0.05) is 6.07 Å². The van der Waals surface area contributed by atoms with Gasteiger partial charge in [0.1, 0.15) is 17.3 Å². The maximum Gasteiger partial charge on any atom is 0.223 e. The van der Waals surface area contributed by atoms with Gasteiger partial charge in [0.2, 0.25) is 5.70 Å². The zero-order valence-electron chi connectivity index (χ0n) is 17.1. The molecule has 1 aliphatic rings. The van der Waals surface area contributed by atoms with Crippen molar-refractivity contribution in [2.45, 2.75) is 13.3 Å². The largest absolute Gasteiger partial charge is 0.550 e. The number of methoxy groups -OCH3 is 1. The van der Waals surface area contributed by atoms with E-state index in [0.29, 0.717) is 11.5 Å². The standard InChI is InChI=1S/C20H20N5O.C2H4O2/c1-24-20(21)18(13-23-24)22-12-15-11-16-5-3-4-10-25(16)19(15)14-6-8-17(26-2)9-7-14;1-2(3)4/h3-10,12-13H,11,21H2,1-2H3;1H3,(H,3,4)/q+1;/p-1. The van der Waals surface area contributed by atoms with Gasteiger partial charge in [0, 0.05) is 36.9 Å². The Morgan fingerprint density at radius 3 is 2.60 bits per heavy atom. The summed E-state index contributed by atoms with van der Waals surface area (Å²) in [4.78, 5) is 13.5. The predicted octanol–water partition coefficient (Wildman–Crippen LogP) is 1.27. The molecule has 0 saturated carbocycles. The number of carboxylic acid groups (broad SMARTS) is 1. The highest BCUT2D eigenvalue weighted by atomic mass is 16.5. The van der Waals surface area contributed by atoms with Crippen LogP contribution in [0.5, 0.6) is 5.75 Å². The summed E-state index contributed by atoms with van der Waals surface area (Å²) in [5.74, 6) is 0.306. The summed E-state index contributed by atoms with van der Waals surface area (Å²) >= 11 is 0. The Labute approximate surface area is 174 Å². The Balaban J connectivity index is 0.000000589. The SMILES string of the molecule is CC(=O)[O-].COc1ccc(C2=C(C=Nc3cnn(C)c3N)Cc3cccc[n+]32)cc1. The first-order valence-corrected chi connectivity index (χ1v) is 9.27. The first-order valence-electron chi connectivity index (χ1n) is 9.27. The van der Waals surface area contributed by atoms with Crippen molar-refractivity contribution in [3.63, 3.8) is 0 Å². The van der Waals surface area contributed by atoms with E-state index in [2.05, 4.69) is 45.1 Å². The Morgan fingerprint density at radius 2 is 2.00 bits per heavy atom. The molecule has 0 saturated heterocycles. The molecule has 0 atom stereocenters. The van der Waals surface area contributed by atoms with Gasteiger partial charge in [-0.15, -0.1) is 0 Å². The predicted molar refractivity (Wildman–Crippen MR) is 112 cm³/mol. The van der Waals surface area contributed by atoms with Crippen LogP contribution in [0.25, 0.3) is 5.70 Å². The number of aromatic nitrogens is 3. The zero-order chi connectivity index (χ0) is 21.7. The van der Waals surface area contributed by atoms with Gasteiger partial charge in [0.05, 0.1) is 25.3 Å². The number of rotatable bonds is 4. The first-order chi connectivity index (χ1) is 14.4. The van der Waals surface area contributed by atoms with Gasteiger partial charge in [-0.2, -0.15) is 9.67 Å². The van der Waals surface area contributed by atoms with Crippen molar-refractivity contribution in [1.82, 2.24) is 9.78 Å². The third kappa shape index (κ3) is 4.54. The van der Waals surface area contributed by atoms with E-state index in [1.807, 2.05) is 24.4 Å². The summed E-state index contributed by atoms with van der Waals surface area (Å²) in [5, 5.41) is 13.0. The van der Waals surface area contributed by atoms with E-state index in [1.54, 1.807) is 25.0 Å². The van der Waals surface area contributed by atoms with Gasteiger partial charge in [-0.3, -0.25) is 9.67 Å². The van der Waals surface area contributed by atoms with Crippen molar-refractivity contribution in [3.8, 4) is 5.75 Å². The van der Waals surface area contributed by atoms with E-state index < -0.39 is 5.97 Å². The third-order valence-electron chi connectivity index (χ3n) is 4.55. The fourth-order valence-electron chi connectivity index (χ4n) is 3.14. The molecule has 30 heavy (non-hydrogen) atoms. The lowest BCUT2D eigenvalue weighted by Crippen LogP contribution is -2.33. The number of hydrogen-bond acceptors (Lipinski definition) is 6. The van der Waals surface area contributed by atoms with E-state index in [0.717, 1.165) is 35.9 Å². The van der Waals surface area contributed by atoms with E-state index in [1.165, 1.54) is 5.69 Å². The van der Waals surface area contributed by atoms with Gasteiger partial charge in [-0.05, 0) is 31.2 Å². The molecule has 0 radical (unpaired) electrons. The van der Waals surface area contributed by atoms with Crippen molar-refractivity contribution in [2.75, 3.05) is 12.8 Å². The Morgan fingerprint density at radius 1 is 1.30 bits per heavy atom. The van der Waals surface area contributed by atoms with Crippen LogP contribution in [-0.2, 0) is 18.3 Å². The summed E-state index contributed by atoms with van der Waals surface area (Å²) in [7, 11) is 3.47. The van der Waals surface area contributed by atoms with Crippen LogP contribution >= 0.6 is 0 Å². The quantitative estimate of drug-likeness (QED) is 0.519. The number of aliphatic carboxylic acids is 1. The number of fused-ring (bicyclic) bond motifs is 1. The van der Waals surface area contributed by atoms with Crippen LogP contribution in [0.1, 0.15) is 18.2 Å². The lowest BCUT2D eigenvalue weighted by atomic mass is 10.1.